The van der Waals surface area contributed by atoms with Gasteiger partial charge in [0.1, 0.15) is 12.3 Å². The van der Waals surface area contributed by atoms with Crippen LogP contribution in [0.5, 0.6) is 0 Å². The second-order valence-electron chi connectivity index (χ2n) is 2.79. The van der Waals surface area contributed by atoms with E-state index in [2.05, 4.69) is 9.80 Å². The van der Waals surface area contributed by atoms with Crippen LogP contribution in [0.4, 0.5) is 0 Å². The van der Waals surface area contributed by atoms with E-state index in [1.807, 2.05) is 26.5 Å². The first-order valence-electron chi connectivity index (χ1n) is 3.73. The van der Waals surface area contributed by atoms with Crippen molar-refractivity contribution in [3.8, 4) is 0 Å². The Morgan fingerprint density at radius 3 is 2.36 bits per heavy atom. The van der Waals surface area contributed by atoms with Crippen LogP contribution in [0.3, 0.4) is 0 Å². The summed E-state index contributed by atoms with van der Waals surface area (Å²) >= 11 is 0. The summed E-state index contributed by atoms with van der Waals surface area (Å²) < 4.78 is 10.3. The Morgan fingerprint density at radius 1 is 1.36 bits per heavy atom. The molecule has 0 radical (unpaired) electrons. The minimum atomic E-state index is -0.167. The molecule has 0 spiro atoms. The Morgan fingerprint density at radius 2 is 1.91 bits per heavy atom. The molecule has 1 unspecified atom stereocenters. The highest BCUT2D eigenvalue weighted by molar-refractivity contribution is 7.23. The molecule has 0 aromatic heterocycles. The van der Waals surface area contributed by atoms with Gasteiger partial charge in [-0.15, -0.1) is 0 Å². The van der Waals surface area contributed by atoms with E-state index in [4.69, 9.17) is 0 Å². The van der Waals surface area contributed by atoms with Crippen molar-refractivity contribution in [1.29, 1.82) is 0 Å². The van der Waals surface area contributed by atoms with Crippen LogP contribution in [-0.4, -0.2) is 36.2 Å². The van der Waals surface area contributed by atoms with Crippen molar-refractivity contribution in [3.05, 3.63) is 12.4 Å². The molecule has 0 saturated carbocycles. The first-order valence-corrected chi connectivity index (χ1v) is 4.84. The minimum Gasteiger partial charge on any atom is -0.359 e. The number of hydrogen-bond acceptors (Lipinski definition) is 3. The van der Waals surface area contributed by atoms with E-state index in [1.54, 1.807) is 0 Å². The third-order valence-electron chi connectivity index (χ3n) is 1.98. The molecule has 0 N–H and O–H groups in total. The molecule has 0 aromatic carbocycles. The maximum Gasteiger partial charge on any atom is 0.324 e. The summed E-state index contributed by atoms with van der Waals surface area (Å²) in [5.41, 5.74) is 0. The van der Waals surface area contributed by atoms with E-state index in [-0.39, 0.29) is 8.46 Å². The van der Waals surface area contributed by atoms with Gasteiger partial charge in [0.25, 0.3) is 0 Å². The van der Waals surface area contributed by atoms with Gasteiger partial charge in [-0.2, -0.15) is 0 Å². The normalized spacial score (nSPS) is 18.7. The zero-order valence-electron chi connectivity index (χ0n) is 6.95. The average Bonchev–Trinajstić information content (AvgIpc) is 2.29. The summed E-state index contributed by atoms with van der Waals surface area (Å²) in [6.07, 6.45) is 6.26. The fourth-order valence-electron chi connectivity index (χ4n) is 1.29. The molecule has 1 atom stereocenters. The molecule has 1 heterocycles. The van der Waals surface area contributed by atoms with Crippen LogP contribution < -0.4 is 0 Å². The van der Waals surface area contributed by atoms with Crippen molar-refractivity contribution in [2.75, 3.05) is 20.3 Å². The summed E-state index contributed by atoms with van der Waals surface area (Å²) in [5.74, 6) is 0. The van der Waals surface area contributed by atoms with E-state index in [1.165, 1.54) is 0 Å². The predicted octanol–water partition coefficient (Wildman–Crippen LogP) is 1.07. The SMILES string of the molecule is CN1C=CN(C)C1CC[PH+]=O. The van der Waals surface area contributed by atoms with Gasteiger partial charge in [0, 0.05) is 32.9 Å². The fraction of sp³-hybridized carbons (Fsp3) is 0.714. The second kappa shape index (κ2) is 3.72. The van der Waals surface area contributed by atoms with Gasteiger partial charge >= 0.3 is 8.46 Å². The molecule has 1 aliphatic rings. The molecular weight excluding hydrogens is 159 g/mol. The predicted molar refractivity (Wildman–Crippen MR) is 46.9 cm³/mol. The van der Waals surface area contributed by atoms with Crippen molar-refractivity contribution in [2.24, 2.45) is 0 Å². The lowest BCUT2D eigenvalue weighted by Gasteiger charge is -2.25. The molecule has 11 heavy (non-hydrogen) atoms. The first-order chi connectivity index (χ1) is 5.25. The Balaban J connectivity index is 2.38. The summed E-state index contributed by atoms with van der Waals surface area (Å²) in [6.45, 7) is 0. The number of hydrogen-bond donors (Lipinski definition) is 0. The van der Waals surface area contributed by atoms with E-state index in [0.29, 0.717) is 6.17 Å². The van der Waals surface area contributed by atoms with Crippen LogP contribution in [0.15, 0.2) is 12.4 Å². The van der Waals surface area contributed by atoms with Gasteiger partial charge in [-0.3, -0.25) is 0 Å². The second-order valence-corrected chi connectivity index (χ2v) is 3.58. The standard InChI is InChI=1S/C7H13N2OP/c1-8-4-5-9(2)7(8)3-6-11-10/h4-5,7H,3,6H2,1-2H3/p+1. The third-order valence-corrected chi connectivity index (χ3v) is 2.47. The molecule has 0 amide bonds. The molecule has 0 aromatic rings. The van der Waals surface area contributed by atoms with Crippen molar-refractivity contribution >= 4 is 8.46 Å². The highest BCUT2D eigenvalue weighted by Gasteiger charge is 2.20. The molecule has 0 aliphatic carbocycles. The fourth-order valence-corrected chi connectivity index (χ4v) is 1.67. The quantitative estimate of drug-likeness (QED) is 0.596. The smallest absolute Gasteiger partial charge is 0.324 e. The van der Waals surface area contributed by atoms with Gasteiger partial charge < -0.3 is 9.80 Å². The van der Waals surface area contributed by atoms with Crippen LogP contribution >= 0.6 is 8.46 Å². The number of nitrogens with zero attached hydrogens (tertiary/aromatic N) is 2. The van der Waals surface area contributed by atoms with E-state index in [9.17, 15) is 4.57 Å². The van der Waals surface area contributed by atoms with E-state index >= 15 is 0 Å². The molecular formula is C7H14N2OP+. The largest absolute Gasteiger partial charge is 0.359 e. The van der Waals surface area contributed by atoms with Crippen LogP contribution in [0.2, 0.25) is 0 Å². The molecule has 0 fully saturated rings. The summed E-state index contributed by atoms with van der Waals surface area (Å²) in [6, 6.07) is 0. The monoisotopic (exact) mass is 173 g/mol. The van der Waals surface area contributed by atoms with Gasteiger partial charge in [0.2, 0.25) is 0 Å². The Kier molecular flexibility index (Phi) is 2.89. The topological polar surface area (TPSA) is 23.6 Å². The molecule has 0 saturated heterocycles. The summed E-state index contributed by atoms with van der Waals surface area (Å²) in [4.78, 5) is 4.28. The van der Waals surface area contributed by atoms with Gasteiger partial charge in [0.15, 0.2) is 0 Å². The van der Waals surface area contributed by atoms with Crippen LogP contribution in [-0.2, 0) is 4.57 Å². The van der Waals surface area contributed by atoms with Crippen LogP contribution in [0.25, 0.3) is 0 Å². The van der Waals surface area contributed by atoms with Gasteiger partial charge in [-0.1, -0.05) is 4.57 Å². The minimum absolute atomic E-state index is 0.167. The first kappa shape index (κ1) is 8.54. The lowest BCUT2D eigenvalue weighted by atomic mass is 10.3. The Bertz CT molecular complexity index is 160. The maximum atomic E-state index is 10.3. The zero-order chi connectivity index (χ0) is 8.27. The lowest BCUT2D eigenvalue weighted by molar-refractivity contribution is 0.200. The van der Waals surface area contributed by atoms with Crippen LogP contribution in [0, 0.1) is 0 Å². The van der Waals surface area contributed by atoms with Crippen molar-refractivity contribution in [3.63, 3.8) is 0 Å². The maximum absolute atomic E-state index is 10.3. The lowest BCUT2D eigenvalue weighted by Crippen LogP contribution is -2.34. The van der Waals surface area contributed by atoms with Crippen molar-refractivity contribution < 1.29 is 4.57 Å². The molecule has 1 rings (SSSR count). The molecule has 4 heteroatoms. The number of rotatable bonds is 3. The van der Waals surface area contributed by atoms with Gasteiger partial charge in [0.05, 0.1) is 0 Å². The van der Waals surface area contributed by atoms with Gasteiger partial charge in [-0.25, -0.2) is 0 Å². The average molecular weight is 173 g/mol. The van der Waals surface area contributed by atoms with Crippen LogP contribution in [0.1, 0.15) is 6.42 Å². The molecule has 3 nitrogen and oxygen atoms in total. The zero-order valence-corrected chi connectivity index (χ0v) is 7.95. The van der Waals surface area contributed by atoms with Crippen molar-refractivity contribution in [2.45, 2.75) is 12.6 Å². The molecule has 1 aliphatic heterocycles. The van der Waals surface area contributed by atoms with E-state index < -0.39 is 0 Å². The van der Waals surface area contributed by atoms with Gasteiger partial charge in [-0.05, 0) is 0 Å². The highest BCUT2D eigenvalue weighted by atomic mass is 31.1. The van der Waals surface area contributed by atoms with Crippen molar-refractivity contribution in [1.82, 2.24) is 9.80 Å². The summed E-state index contributed by atoms with van der Waals surface area (Å²) in [5, 5.41) is 0. The Hall–Kier alpha value is -0.560. The molecule has 62 valence electrons. The third kappa shape index (κ3) is 1.93. The highest BCUT2D eigenvalue weighted by Crippen LogP contribution is 2.15. The Labute approximate surface area is 68.9 Å². The van der Waals surface area contributed by atoms with E-state index in [0.717, 1.165) is 12.6 Å². The molecule has 0 bridgehead atoms. The summed E-state index contributed by atoms with van der Waals surface area (Å²) in [7, 11) is 3.91.